The maximum atomic E-state index is 14.8. The number of nitrogens with zero attached hydrogens (tertiary/aromatic N) is 1. The van der Waals surface area contributed by atoms with E-state index in [9.17, 15) is 18.8 Å². The Balaban J connectivity index is 1.87. The quantitative estimate of drug-likeness (QED) is 0.747. The highest BCUT2D eigenvalue weighted by Gasteiger charge is 2.67. The fourth-order valence-corrected chi connectivity index (χ4v) is 4.50. The number of benzene rings is 2. The zero-order chi connectivity index (χ0) is 20.7. The first-order valence-electron chi connectivity index (χ1n) is 8.63. The number of Topliss-reactive ketones (excluding diaryl/α,β-unsaturated/α-hetero) is 1. The van der Waals surface area contributed by atoms with Gasteiger partial charge in [0.15, 0.2) is 17.4 Å². The molecule has 2 aromatic carbocycles. The van der Waals surface area contributed by atoms with Gasteiger partial charge in [-0.25, -0.2) is 4.39 Å². The highest BCUT2D eigenvalue weighted by atomic mass is 35.5. The average molecular weight is 433 g/mol. The Morgan fingerprint density at radius 1 is 1.10 bits per heavy atom. The van der Waals surface area contributed by atoms with Crippen molar-refractivity contribution in [3.8, 4) is 0 Å². The van der Waals surface area contributed by atoms with Gasteiger partial charge in [0.1, 0.15) is 5.82 Å². The lowest BCUT2D eigenvalue weighted by atomic mass is 9.81. The van der Waals surface area contributed by atoms with E-state index in [0.29, 0.717) is 16.3 Å². The largest absolute Gasteiger partial charge is 0.476 e. The van der Waals surface area contributed by atoms with E-state index in [1.165, 1.54) is 37.3 Å². The number of hydrogen-bond acceptors (Lipinski definition) is 4. The number of carbonyl (C=O) groups is 3. The van der Waals surface area contributed by atoms with Gasteiger partial charge in [-0.1, -0.05) is 29.3 Å². The van der Waals surface area contributed by atoms with E-state index >= 15 is 0 Å². The second-order valence-corrected chi connectivity index (χ2v) is 7.79. The number of halogens is 3. The number of hydrogen-bond donors (Lipinski definition) is 1. The van der Waals surface area contributed by atoms with Crippen LogP contribution in [0.1, 0.15) is 12.5 Å². The summed E-state index contributed by atoms with van der Waals surface area (Å²) in [6.07, 6.45) is -0.934. The summed E-state index contributed by atoms with van der Waals surface area (Å²) in [6, 6.07) is 8.20. The topological polar surface area (TPSA) is 75.7 Å². The molecule has 1 N–H and O–H groups in total. The number of amides is 2. The van der Waals surface area contributed by atoms with Gasteiger partial charge in [-0.05, 0) is 37.3 Å². The minimum atomic E-state index is -1.92. The number of carbonyl (C=O) groups excluding carboxylic acids is 3. The molecule has 0 fully saturated rings. The first kappa shape index (κ1) is 18.1. The Morgan fingerprint density at radius 2 is 1.79 bits per heavy atom. The maximum Gasteiger partial charge on any atom is 0.295 e. The van der Waals surface area contributed by atoms with Crippen molar-refractivity contribution in [1.82, 2.24) is 0 Å². The van der Waals surface area contributed by atoms with Gasteiger partial charge in [0, 0.05) is 21.3 Å². The number of ether oxygens (including phenoxy) is 1. The van der Waals surface area contributed by atoms with E-state index in [-0.39, 0.29) is 22.0 Å². The van der Waals surface area contributed by atoms with E-state index in [1.807, 2.05) is 0 Å². The van der Waals surface area contributed by atoms with Crippen molar-refractivity contribution in [1.29, 1.82) is 0 Å². The number of ketones is 1. The minimum absolute atomic E-state index is 0.118. The van der Waals surface area contributed by atoms with Gasteiger partial charge in [-0.15, -0.1) is 0 Å². The fourth-order valence-electron chi connectivity index (χ4n) is 4.16. The summed E-state index contributed by atoms with van der Waals surface area (Å²) in [7, 11) is 0. The third kappa shape index (κ3) is 2.14. The van der Waals surface area contributed by atoms with Crippen LogP contribution in [0.3, 0.4) is 0 Å². The third-order valence-electron chi connectivity index (χ3n) is 5.33. The zero-order valence-electron chi connectivity index (χ0n) is 14.8. The highest BCUT2D eigenvalue weighted by Crippen LogP contribution is 2.55. The standard InChI is InChI=1S/C20H11Cl2FN2O4/c1-8-16(26)15-17(29-8)18(27)25(14-7-10(22)3-5-12(14)23)20(15)11-4-2-9(21)6-13(11)24-19(20)28/h2-8H,1H3,(H,24,28). The smallest absolute Gasteiger partial charge is 0.295 e. The van der Waals surface area contributed by atoms with Crippen LogP contribution in [0, 0.1) is 5.82 Å². The molecule has 5 rings (SSSR count). The van der Waals surface area contributed by atoms with Crippen molar-refractivity contribution in [2.24, 2.45) is 0 Å². The van der Waals surface area contributed by atoms with Crippen molar-refractivity contribution in [2.45, 2.75) is 18.6 Å². The first-order valence-corrected chi connectivity index (χ1v) is 9.39. The molecule has 9 heteroatoms. The molecule has 3 aliphatic heterocycles. The second kappa shape index (κ2) is 5.81. The van der Waals surface area contributed by atoms with E-state index in [0.717, 1.165) is 11.0 Å². The number of anilines is 2. The van der Waals surface area contributed by atoms with Gasteiger partial charge in [0.25, 0.3) is 11.8 Å². The highest BCUT2D eigenvalue weighted by molar-refractivity contribution is 6.33. The lowest BCUT2D eigenvalue weighted by Gasteiger charge is -2.35. The normalized spacial score (nSPS) is 24.9. The molecular formula is C20H11Cl2FN2O4. The summed E-state index contributed by atoms with van der Waals surface area (Å²) in [5.41, 5.74) is -1.65. The Bertz CT molecular complexity index is 1190. The molecule has 0 aliphatic carbocycles. The van der Waals surface area contributed by atoms with Crippen LogP contribution in [0.25, 0.3) is 0 Å². The van der Waals surface area contributed by atoms with Crippen molar-refractivity contribution in [3.63, 3.8) is 0 Å². The molecule has 146 valence electrons. The van der Waals surface area contributed by atoms with Gasteiger partial charge in [-0.2, -0.15) is 0 Å². The molecule has 0 saturated carbocycles. The Labute approximate surface area is 173 Å². The molecule has 0 bridgehead atoms. The summed E-state index contributed by atoms with van der Waals surface area (Å²) < 4.78 is 20.3. The molecule has 6 nitrogen and oxygen atoms in total. The summed E-state index contributed by atoms with van der Waals surface area (Å²) in [4.78, 5) is 40.5. The summed E-state index contributed by atoms with van der Waals surface area (Å²) >= 11 is 12.1. The predicted octanol–water partition coefficient (Wildman–Crippen LogP) is 3.57. The molecular weight excluding hydrogens is 422 g/mol. The van der Waals surface area contributed by atoms with Crippen molar-refractivity contribution >= 4 is 52.2 Å². The minimum Gasteiger partial charge on any atom is -0.476 e. The van der Waals surface area contributed by atoms with Crippen LogP contribution in [0.4, 0.5) is 15.8 Å². The molecule has 3 aliphatic rings. The molecule has 2 amide bonds. The molecule has 2 aromatic rings. The summed E-state index contributed by atoms with van der Waals surface area (Å²) in [6.45, 7) is 1.49. The van der Waals surface area contributed by atoms with Crippen molar-refractivity contribution in [2.75, 3.05) is 10.2 Å². The van der Waals surface area contributed by atoms with Crippen LogP contribution in [0.2, 0.25) is 10.0 Å². The lowest BCUT2D eigenvalue weighted by Crippen LogP contribution is -2.53. The van der Waals surface area contributed by atoms with Crippen LogP contribution in [-0.4, -0.2) is 23.7 Å². The number of nitrogens with one attached hydrogen (secondary N) is 1. The van der Waals surface area contributed by atoms with Crippen molar-refractivity contribution in [3.05, 3.63) is 69.2 Å². The second-order valence-electron chi connectivity index (χ2n) is 6.92. The van der Waals surface area contributed by atoms with Gasteiger partial charge >= 0.3 is 0 Å². The summed E-state index contributed by atoms with van der Waals surface area (Å²) in [5, 5.41) is 3.17. The van der Waals surface area contributed by atoms with E-state index in [1.54, 1.807) is 0 Å². The van der Waals surface area contributed by atoms with Crippen LogP contribution >= 0.6 is 23.2 Å². The molecule has 0 aromatic heterocycles. The summed E-state index contributed by atoms with van der Waals surface area (Å²) in [5.74, 6) is -3.04. The Hall–Kier alpha value is -2.90. The molecule has 2 atom stereocenters. The molecule has 0 saturated heterocycles. The number of rotatable bonds is 1. The van der Waals surface area contributed by atoms with E-state index in [4.69, 9.17) is 27.9 Å². The van der Waals surface area contributed by atoms with E-state index in [2.05, 4.69) is 5.32 Å². The Morgan fingerprint density at radius 3 is 2.55 bits per heavy atom. The number of fused-ring (bicyclic) bond motifs is 3. The first-order chi connectivity index (χ1) is 13.8. The van der Waals surface area contributed by atoms with Gasteiger partial charge < -0.3 is 10.1 Å². The van der Waals surface area contributed by atoms with Crippen LogP contribution < -0.4 is 10.2 Å². The predicted molar refractivity (Wildman–Crippen MR) is 103 cm³/mol. The van der Waals surface area contributed by atoms with E-state index < -0.39 is 35.1 Å². The zero-order valence-corrected chi connectivity index (χ0v) is 16.3. The lowest BCUT2D eigenvalue weighted by molar-refractivity contribution is -0.128. The fraction of sp³-hybridized carbons (Fsp3) is 0.150. The van der Waals surface area contributed by atoms with Crippen LogP contribution in [0.5, 0.6) is 0 Å². The Kier molecular flexibility index (Phi) is 3.63. The van der Waals surface area contributed by atoms with Crippen LogP contribution in [0.15, 0.2) is 47.7 Å². The monoisotopic (exact) mass is 432 g/mol. The maximum absolute atomic E-state index is 14.8. The van der Waals surface area contributed by atoms with Crippen molar-refractivity contribution < 1.29 is 23.5 Å². The average Bonchev–Trinajstić information content (AvgIpc) is 3.21. The molecule has 0 radical (unpaired) electrons. The van der Waals surface area contributed by atoms with Gasteiger partial charge in [-0.3, -0.25) is 19.3 Å². The molecule has 3 heterocycles. The third-order valence-corrected chi connectivity index (χ3v) is 5.80. The molecule has 1 spiro atoms. The molecule has 2 unspecified atom stereocenters. The van der Waals surface area contributed by atoms with Crippen LogP contribution in [-0.2, 0) is 24.7 Å². The molecule has 29 heavy (non-hydrogen) atoms. The van der Waals surface area contributed by atoms with Gasteiger partial charge in [0.2, 0.25) is 5.78 Å². The van der Waals surface area contributed by atoms with Gasteiger partial charge in [0.05, 0.1) is 11.3 Å². The SMILES string of the molecule is CC1OC2=C(C1=O)C1(C(=O)Nc3cc(Cl)ccc31)N(c1cc(Cl)ccc1F)C2=O.